The van der Waals surface area contributed by atoms with E-state index in [-0.39, 0.29) is 11.7 Å². The van der Waals surface area contributed by atoms with Gasteiger partial charge in [-0.05, 0) is 38.8 Å². The summed E-state index contributed by atoms with van der Waals surface area (Å²) >= 11 is 0. The first-order valence-corrected chi connectivity index (χ1v) is 6.40. The number of nitriles is 1. The van der Waals surface area contributed by atoms with E-state index >= 15 is 0 Å². The molecular weight excluding hydrogens is 224 g/mol. The highest BCUT2D eigenvalue weighted by Gasteiger charge is 2.32. The van der Waals surface area contributed by atoms with Crippen molar-refractivity contribution in [2.24, 2.45) is 0 Å². The molecule has 96 valence electrons. The molecule has 1 heterocycles. The van der Waals surface area contributed by atoms with Crippen molar-refractivity contribution in [1.82, 2.24) is 0 Å². The molecule has 0 aromatic heterocycles. The van der Waals surface area contributed by atoms with Gasteiger partial charge < -0.3 is 9.64 Å². The number of benzene rings is 1. The maximum Gasteiger partial charge on any atom is 0.101 e. The van der Waals surface area contributed by atoms with Gasteiger partial charge in [-0.3, -0.25) is 0 Å². The molecule has 0 saturated carbocycles. The predicted octanol–water partition coefficient (Wildman–Crippen LogP) is 2.95. The summed E-state index contributed by atoms with van der Waals surface area (Å²) in [5, 5.41) is 9.10. The molecule has 1 aliphatic rings. The summed E-state index contributed by atoms with van der Waals surface area (Å²) in [7, 11) is 2.02. The zero-order valence-electron chi connectivity index (χ0n) is 11.3. The number of ether oxygens (including phenoxy) is 1. The first-order chi connectivity index (χ1) is 8.52. The molecule has 18 heavy (non-hydrogen) atoms. The van der Waals surface area contributed by atoms with Crippen LogP contribution in [-0.4, -0.2) is 25.3 Å². The van der Waals surface area contributed by atoms with Crippen LogP contribution in [0.4, 0.5) is 5.69 Å². The van der Waals surface area contributed by atoms with Crippen LogP contribution in [0.5, 0.6) is 0 Å². The summed E-state index contributed by atoms with van der Waals surface area (Å²) in [4.78, 5) is 2.12. The molecule has 1 atom stereocenters. The Kier molecular flexibility index (Phi) is 3.58. The van der Waals surface area contributed by atoms with Gasteiger partial charge in [-0.2, -0.15) is 5.26 Å². The van der Waals surface area contributed by atoms with Crippen molar-refractivity contribution < 1.29 is 4.74 Å². The van der Waals surface area contributed by atoms with Crippen LogP contribution in [0.3, 0.4) is 0 Å². The van der Waals surface area contributed by atoms with E-state index in [9.17, 15) is 0 Å². The van der Waals surface area contributed by atoms with Gasteiger partial charge in [0.2, 0.25) is 0 Å². The molecule has 1 aromatic rings. The van der Waals surface area contributed by atoms with Crippen LogP contribution in [0.2, 0.25) is 0 Å². The van der Waals surface area contributed by atoms with E-state index in [1.807, 2.05) is 31.3 Å². The molecule has 1 unspecified atom stereocenters. The summed E-state index contributed by atoms with van der Waals surface area (Å²) in [6, 6.07) is 9.93. The summed E-state index contributed by atoms with van der Waals surface area (Å²) in [5.74, 6) is 0. The lowest BCUT2D eigenvalue weighted by Crippen LogP contribution is -2.31. The quantitative estimate of drug-likeness (QED) is 0.820. The first kappa shape index (κ1) is 12.9. The molecule has 0 aliphatic carbocycles. The Morgan fingerprint density at radius 1 is 1.44 bits per heavy atom. The highest BCUT2D eigenvalue weighted by molar-refractivity contribution is 5.58. The number of hydrogen-bond acceptors (Lipinski definition) is 3. The Bertz CT molecular complexity index is 462. The summed E-state index contributed by atoms with van der Waals surface area (Å²) in [6.07, 6.45) is 2.45. The number of anilines is 1. The highest BCUT2D eigenvalue weighted by atomic mass is 16.5. The van der Waals surface area contributed by atoms with Gasteiger partial charge in [0.15, 0.2) is 0 Å². The van der Waals surface area contributed by atoms with Crippen molar-refractivity contribution in [2.75, 3.05) is 18.5 Å². The molecule has 1 aliphatic heterocycles. The van der Waals surface area contributed by atoms with Gasteiger partial charge in [0.1, 0.15) is 6.07 Å². The monoisotopic (exact) mass is 244 g/mol. The zero-order chi connectivity index (χ0) is 13.2. The van der Waals surface area contributed by atoms with E-state index < -0.39 is 0 Å². The van der Waals surface area contributed by atoms with Crippen LogP contribution < -0.4 is 4.90 Å². The van der Waals surface area contributed by atoms with Gasteiger partial charge in [0.05, 0.1) is 23.0 Å². The Balaban J connectivity index is 2.05. The molecule has 0 N–H and O–H groups in total. The predicted molar refractivity (Wildman–Crippen MR) is 72.6 cm³/mol. The van der Waals surface area contributed by atoms with E-state index in [0.29, 0.717) is 0 Å². The molecule has 0 amide bonds. The van der Waals surface area contributed by atoms with Gasteiger partial charge in [-0.25, -0.2) is 0 Å². The third-order valence-electron chi connectivity index (χ3n) is 3.47. The minimum absolute atomic E-state index is 0.000251. The van der Waals surface area contributed by atoms with E-state index in [1.165, 1.54) is 0 Å². The molecule has 3 nitrogen and oxygen atoms in total. The molecule has 1 fully saturated rings. The number of para-hydroxylation sites is 1. The fourth-order valence-corrected chi connectivity index (χ4v) is 2.51. The number of rotatable bonds is 3. The van der Waals surface area contributed by atoms with Crippen LogP contribution in [0.1, 0.15) is 32.3 Å². The van der Waals surface area contributed by atoms with Gasteiger partial charge in [0, 0.05) is 13.6 Å². The Hall–Kier alpha value is -1.53. The van der Waals surface area contributed by atoms with Gasteiger partial charge in [-0.1, -0.05) is 12.1 Å². The average molecular weight is 244 g/mol. The van der Waals surface area contributed by atoms with Crippen molar-refractivity contribution in [3.8, 4) is 6.07 Å². The first-order valence-electron chi connectivity index (χ1n) is 6.40. The molecule has 0 spiro atoms. The van der Waals surface area contributed by atoms with Gasteiger partial charge in [-0.15, -0.1) is 0 Å². The minimum Gasteiger partial charge on any atom is -0.371 e. The largest absolute Gasteiger partial charge is 0.371 e. The summed E-state index contributed by atoms with van der Waals surface area (Å²) < 4.78 is 5.99. The van der Waals surface area contributed by atoms with Crippen molar-refractivity contribution in [2.45, 2.75) is 38.4 Å². The molecule has 2 rings (SSSR count). The fraction of sp³-hybridized carbons (Fsp3) is 0.533. The van der Waals surface area contributed by atoms with Gasteiger partial charge in [0.25, 0.3) is 0 Å². The van der Waals surface area contributed by atoms with Crippen LogP contribution >= 0.6 is 0 Å². The number of likely N-dealkylation sites (N-methyl/N-ethyl adjacent to an activating group) is 1. The molecular formula is C15H20N2O. The summed E-state index contributed by atoms with van der Waals surface area (Å²) in [6.45, 7) is 5.11. The van der Waals surface area contributed by atoms with Gasteiger partial charge >= 0.3 is 0 Å². The molecule has 0 radical (unpaired) electrons. The molecule has 3 heteroatoms. The highest BCUT2D eigenvalue weighted by Crippen LogP contribution is 2.30. The SMILES string of the molecule is CN(CC1CCC(C)(C)O1)c1ccccc1C#N. The second-order valence-corrected chi connectivity index (χ2v) is 5.55. The average Bonchev–Trinajstić information content (AvgIpc) is 2.68. The number of hydrogen-bond donors (Lipinski definition) is 0. The van der Waals surface area contributed by atoms with E-state index in [2.05, 4.69) is 24.8 Å². The maximum absolute atomic E-state index is 9.10. The molecule has 0 bridgehead atoms. The second-order valence-electron chi connectivity index (χ2n) is 5.55. The van der Waals surface area contributed by atoms with Crippen molar-refractivity contribution in [1.29, 1.82) is 5.26 Å². The minimum atomic E-state index is 0.000251. The Morgan fingerprint density at radius 3 is 2.78 bits per heavy atom. The smallest absolute Gasteiger partial charge is 0.101 e. The lowest BCUT2D eigenvalue weighted by molar-refractivity contribution is -0.0111. The van der Waals surface area contributed by atoms with Crippen LogP contribution in [-0.2, 0) is 4.74 Å². The molecule has 1 aromatic carbocycles. The standard InChI is InChI=1S/C15H20N2O/c1-15(2)9-8-13(18-15)11-17(3)14-7-5-4-6-12(14)10-16/h4-7,13H,8-9,11H2,1-3H3. The van der Waals surface area contributed by atoms with Crippen LogP contribution in [0.25, 0.3) is 0 Å². The second kappa shape index (κ2) is 4.99. The lowest BCUT2D eigenvalue weighted by atomic mass is 10.1. The van der Waals surface area contributed by atoms with Crippen LogP contribution in [0, 0.1) is 11.3 Å². The Morgan fingerprint density at radius 2 is 2.17 bits per heavy atom. The van der Waals surface area contributed by atoms with Crippen molar-refractivity contribution in [3.05, 3.63) is 29.8 Å². The third kappa shape index (κ3) is 2.83. The topological polar surface area (TPSA) is 36.3 Å². The third-order valence-corrected chi connectivity index (χ3v) is 3.47. The van der Waals surface area contributed by atoms with Crippen molar-refractivity contribution >= 4 is 5.69 Å². The lowest BCUT2D eigenvalue weighted by Gasteiger charge is -2.25. The zero-order valence-corrected chi connectivity index (χ0v) is 11.3. The van der Waals surface area contributed by atoms with E-state index in [4.69, 9.17) is 10.00 Å². The number of nitrogens with zero attached hydrogens (tertiary/aromatic N) is 2. The van der Waals surface area contributed by atoms with Crippen molar-refractivity contribution in [3.63, 3.8) is 0 Å². The fourth-order valence-electron chi connectivity index (χ4n) is 2.51. The van der Waals surface area contributed by atoms with Crippen LogP contribution in [0.15, 0.2) is 24.3 Å². The van der Waals surface area contributed by atoms with E-state index in [1.54, 1.807) is 0 Å². The van der Waals surface area contributed by atoms with E-state index in [0.717, 1.165) is 30.6 Å². The molecule has 1 saturated heterocycles. The maximum atomic E-state index is 9.10. The normalized spacial score (nSPS) is 21.6. The summed E-state index contributed by atoms with van der Waals surface area (Å²) in [5.41, 5.74) is 1.70. The Labute approximate surface area is 109 Å².